The summed E-state index contributed by atoms with van der Waals surface area (Å²) in [4.78, 5) is 10.7. The molecule has 1 aromatic rings. The van der Waals surface area contributed by atoms with Gasteiger partial charge in [-0.3, -0.25) is 0 Å². The Morgan fingerprint density at radius 1 is 1.53 bits per heavy atom. The van der Waals surface area contributed by atoms with Gasteiger partial charge in [0, 0.05) is 23.6 Å². The third-order valence-corrected chi connectivity index (χ3v) is 2.32. The van der Waals surface area contributed by atoms with E-state index in [-0.39, 0.29) is 5.60 Å². The highest BCUT2D eigenvalue weighted by molar-refractivity contribution is 6.61. The molecule has 2 rings (SSSR count). The Kier molecular flexibility index (Phi) is 2.35. The van der Waals surface area contributed by atoms with Gasteiger partial charge in [0.25, 0.3) is 0 Å². The Morgan fingerprint density at radius 3 is 2.93 bits per heavy atom. The molecule has 0 fully saturated rings. The van der Waals surface area contributed by atoms with Crippen molar-refractivity contribution in [1.29, 1.82) is 0 Å². The molecule has 0 N–H and O–H groups in total. The molecule has 80 valence electrons. The summed E-state index contributed by atoms with van der Waals surface area (Å²) >= 11 is 5.17. The van der Waals surface area contributed by atoms with E-state index in [1.807, 2.05) is 26.0 Å². The van der Waals surface area contributed by atoms with Gasteiger partial charge in [-0.2, -0.15) is 0 Å². The van der Waals surface area contributed by atoms with Crippen molar-refractivity contribution in [3.05, 3.63) is 23.8 Å². The third-order valence-electron chi connectivity index (χ3n) is 2.25. The van der Waals surface area contributed by atoms with Crippen molar-refractivity contribution in [2.24, 2.45) is 0 Å². The molecule has 0 saturated heterocycles. The predicted octanol–water partition coefficient (Wildman–Crippen LogP) is 3.14. The maximum atomic E-state index is 10.7. The van der Waals surface area contributed by atoms with Crippen LogP contribution in [0.3, 0.4) is 0 Å². The van der Waals surface area contributed by atoms with E-state index in [0.29, 0.717) is 11.5 Å². The molecule has 0 aliphatic carbocycles. The zero-order valence-electron chi connectivity index (χ0n) is 8.54. The van der Waals surface area contributed by atoms with Crippen LogP contribution in [-0.2, 0) is 6.42 Å². The molecule has 0 amide bonds. The van der Waals surface area contributed by atoms with Crippen LogP contribution in [0.5, 0.6) is 11.5 Å². The quantitative estimate of drug-likeness (QED) is 0.690. The van der Waals surface area contributed by atoms with E-state index < -0.39 is 5.43 Å². The molecular weight excluding hydrogens is 216 g/mol. The van der Waals surface area contributed by atoms with Crippen LogP contribution in [0.4, 0.5) is 4.79 Å². The lowest BCUT2D eigenvalue weighted by Crippen LogP contribution is -2.24. The topological polar surface area (TPSA) is 35.5 Å². The zero-order chi connectivity index (χ0) is 11.1. The average Bonchev–Trinajstić information content (AvgIpc) is 2.39. The van der Waals surface area contributed by atoms with E-state index in [1.54, 1.807) is 6.07 Å². The van der Waals surface area contributed by atoms with E-state index in [4.69, 9.17) is 21.1 Å². The highest BCUT2D eigenvalue weighted by atomic mass is 35.5. The van der Waals surface area contributed by atoms with Gasteiger partial charge in [-0.15, -0.1) is 0 Å². The summed E-state index contributed by atoms with van der Waals surface area (Å²) in [7, 11) is 0. The summed E-state index contributed by atoms with van der Waals surface area (Å²) in [5.74, 6) is 1.01. The minimum atomic E-state index is -0.850. The van der Waals surface area contributed by atoms with Gasteiger partial charge in [0.15, 0.2) is 11.5 Å². The fraction of sp³-hybridized carbons (Fsp3) is 0.364. The molecule has 1 aromatic carbocycles. The highest BCUT2D eigenvalue weighted by Gasteiger charge is 2.32. The van der Waals surface area contributed by atoms with Crippen molar-refractivity contribution in [2.45, 2.75) is 25.9 Å². The summed E-state index contributed by atoms with van der Waals surface area (Å²) in [5, 5.41) is 0. The second-order valence-corrected chi connectivity index (χ2v) is 4.43. The fourth-order valence-electron chi connectivity index (χ4n) is 1.75. The molecule has 0 aromatic heterocycles. The molecule has 0 unspecified atom stereocenters. The molecule has 0 saturated carbocycles. The van der Waals surface area contributed by atoms with Crippen LogP contribution in [0.15, 0.2) is 18.2 Å². The highest BCUT2D eigenvalue weighted by Crippen LogP contribution is 2.41. The summed E-state index contributed by atoms with van der Waals surface area (Å²) in [5.41, 5.74) is -0.0657. The first-order valence-electron chi connectivity index (χ1n) is 4.66. The van der Waals surface area contributed by atoms with Crippen LogP contribution in [0.25, 0.3) is 0 Å². The van der Waals surface area contributed by atoms with Crippen LogP contribution < -0.4 is 9.47 Å². The zero-order valence-corrected chi connectivity index (χ0v) is 9.30. The average molecular weight is 227 g/mol. The number of hydrogen-bond donors (Lipinski definition) is 0. The maximum absolute atomic E-state index is 10.7. The van der Waals surface area contributed by atoms with Crippen LogP contribution in [0.2, 0.25) is 0 Å². The number of fused-ring (bicyclic) bond motifs is 1. The number of para-hydroxylation sites is 1. The molecule has 1 aliphatic heterocycles. The fourth-order valence-corrected chi connectivity index (χ4v) is 1.84. The largest absolute Gasteiger partial charge is 0.483 e. The Morgan fingerprint density at radius 2 is 2.27 bits per heavy atom. The molecular formula is C11H11ClO3. The molecule has 0 radical (unpaired) electrons. The van der Waals surface area contributed by atoms with E-state index in [0.717, 1.165) is 12.0 Å². The van der Waals surface area contributed by atoms with E-state index >= 15 is 0 Å². The van der Waals surface area contributed by atoms with E-state index in [9.17, 15) is 4.79 Å². The summed E-state index contributed by atoms with van der Waals surface area (Å²) < 4.78 is 10.5. The van der Waals surface area contributed by atoms with Crippen molar-refractivity contribution in [3.63, 3.8) is 0 Å². The first kappa shape index (κ1) is 10.3. The molecule has 3 nitrogen and oxygen atoms in total. The molecule has 0 bridgehead atoms. The SMILES string of the molecule is CC1(C)Cc2cccc(OC(=O)Cl)c2O1. The van der Waals surface area contributed by atoms with Gasteiger partial charge in [-0.25, -0.2) is 4.79 Å². The molecule has 1 aliphatic rings. The van der Waals surface area contributed by atoms with E-state index in [1.165, 1.54) is 0 Å². The van der Waals surface area contributed by atoms with Crippen LogP contribution in [0, 0.1) is 0 Å². The van der Waals surface area contributed by atoms with Gasteiger partial charge in [0.2, 0.25) is 0 Å². The third kappa shape index (κ3) is 2.07. The van der Waals surface area contributed by atoms with Crippen molar-refractivity contribution in [3.8, 4) is 11.5 Å². The monoisotopic (exact) mass is 226 g/mol. The predicted molar refractivity (Wildman–Crippen MR) is 56.7 cm³/mol. The normalized spacial score (nSPS) is 16.7. The summed E-state index contributed by atoms with van der Waals surface area (Å²) in [6.45, 7) is 3.97. The number of halogens is 1. The number of carbonyl (C=O) groups is 1. The van der Waals surface area contributed by atoms with Gasteiger partial charge < -0.3 is 9.47 Å². The standard InChI is InChI=1S/C11H11ClO3/c1-11(2)6-7-4-3-5-8(9(7)15-11)14-10(12)13/h3-5H,6H2,1-2H3. The van der Waals surface area contributed by atoms with E-state index in [2.05, 4.69) is 0 Å². The Balaban J connectivity index is 2.37. The lowest BCUT2D eigenvalue weighted by Gasteiger charge is -2.17. The maximum Gasteiger partial charge on any atom is 0.409 e. The Labute approximate surface area is 92.9 Å². The molecule has 15 heavy (non-hydrogen) atoms. The number of carbonyl (C=O) groups excluding carboxylic acids is 1. The lowest BCUT2D eigenvalue weighted by molar-refractivity contribution is 0.134. The van der Waals surface area contributed by atoms with Crippen LogP contribution >= 0.6 is 11.6 Å². The van der Waals surface area contributed by atoms with Crippen LogP contribution in [-0.4, -0.2) is 11.0 Å². The van der Waals surface area contributed by atoms with Gasteiger partial charge in [0.1, 0.15) is 5.60 Å². The van der Waals surface area contributed by atoms with Crippen molar-refractivity contribution >= 4 is 17.0 Å². The summed E-state index contributed by atoms with van der Waals surface area (Å²) in [6.07, 6.45) is 0.802. The lowest BCUT2D eigenvalue weighted by atomic mass is 10.0. The number of hydrogen-bond acceptors (Lipinski definition) is 3. The van der Waals surface area contributed by atoms with Gasteiger partial charge in [-0.1, -0.05) is 12.1 Å². The molecule has 4 heteroatoms. The minimum Gasteiger partial charge on any atom is -0.483 e. The van der Waals surface area contributed by atoms with Gasteiger partial charge >= 0.3 is 5.43 Å². The second kappa shape index (κ2) is 3.42. The number of rotatable bonds is 1. The summed E-state index contributed by atoms with van der Waals surface area (Å²) in [6, 6.07) is 5.44. The van der Waals surface area contributed by atoms with Crippen LogP contribution in [0.1, 0.15) is 19.4 Å². The molecule has 0 spiro atoms. The van der Waals surface area contributed by atoms with Crippen molar-refractivity contribution in [2.75, 3.05) is 0 Å². The number of benzene rings is 1. The minimum absolute atomic E-state index is 0.253. The Hall–Kier alpha value is -1.22. The smallest absolute Gasteiger partial charge is 0.409 e. The first-order valence-corrected chi connectivity index (χ1v) is 5.04. The van der Waals surface area contributed by atoms with Crippen molar-refractivity contribution < 1.29 is 14.3 Å². The van der Waals surface area contributed by atoms with Gasteiger partial charge in [-0.05, 0) is 19.9 Å². The number of ether oxygens (including phenoxy) is 2. The molecule has 1 heterocycles. The Bertz CT molecular complexity index is 412. The van der Waals surface area contributed by atoms with Gasteiger partial charge in [0.05, 0.1) is 0 Å². The first-order chi connectivity index (χ1) is 6.98. The van der Waals surface area contributed by atoms with Crippen molar-refractivity contribution in [1.82, 2.24) is 0 Å². The second-order valence-electron chi connectivity index (χ2n) is 4.12. The molecule has 0 atom stereocenters.